The van der Waals surface area contributed by atoms with E-state index in [1.54, 1.807) is 24.3 Å². The molecular formula is C11H6N4O4. The molecule has 0 saturated carbocycles. The van der Waals surface area contributed by atoms with Crippen molar-refractivity contribution < 1.29 is 14.1 Å². The lowest BCUT2D eigenvalue weighted by Crippen LogP contribution is -2.12. The van der Waals surface area contributed by atoms with E-state index in [1.165, 1.54) is 6.07 Å². The van der Waals surface area contributed by atoms with Gasteiger partial charge in [0.05, 0.1) is 11.6 Å². The Morgan fingerprint density at radius 1 is 1.26 bits per heavy atom. The van der Waals surface area contributed by atoms with Crippen molar-refractivity contribution >= 4 is 22.8 Å². The number of fused-ring (bicyclic) bond motifs is 1. The Balaban J connectivity index is 2.05. The van der Waals surface area contributed by atoms with Gasteiger partial charge in [0.2, 0.25) is 5.76 Å². The Morgan fingerprint density at radius 3 is 2.79 bits per heavy atom. The molecule has 2 aromatic heterocycles. The van der Waals surface area contributed by atoms with Crippen molar-refractivity contribution in [2.75, 3.05) is 0 Å². The second-order valence-electron chi connectivity index (χ2n) is 3.69. The maximum atomic E-state index is 12.1. The molecule has 0 fully saturated rings. The van der Waals surface area contributed by atoms with Gasteiger partial charge in [-0.3, -0.25) is 14.9 Å². The lowest BCUT2D eigenvalue weighted by atomic mass is 10.3. The van der Waals surface area contributed by atoms with E-state index < -0.39 is 16.7 Å². The van der Waals surface area contributed by atoms with Crippen molar-refractivity contribution in [1.82, 2.24) is 15.0 Å². The first kappa shape index (κ1) is 11.1. The highest BCUT2D eigenvalue weighted by atomic mass is 16.6. The van der Waals surface area contributed by atoms with E-state index in [-0.39, 0.29) is 5.76 Å². The normalized spacial score (nSPS) is 10.7. The van der Waals surface area contributed by atoms with E-state index in [1.807, 2.05) is 0 Å². The maximum absolute atomic E-state index is 12.1. The third kappa shape index (κ3) is 1.75. The molecule has 0 unspecified atom stereocenters. The van der Waals surface area contributed by atoms with Crippen LogP contribution in [0.2, 0.25) is 0 Å². The number of carbonyl (C=O) groups is 1. The molecule has 0 aliphatic heterocycles. The fraction of sp³-hybridized carbons (Fsp3) is 0. The summed E-state index contributed by atoms with van der Waals surface area (Å²) in [6.45, 7) is 0. The molecule has 0 spiro atoms. The molecule has 8 heteroatoms. The standard InChI is InChI=1S/C11H6N4O4/c16-11(9-5-6-10(19-9)15(17)18)14-8-4-2-1-3-7(8)12-13-14/h1-6H. The quantitative estimate of drug-likeness (QED) is 0.511. The summed E-state index contributed by atoms with van der Waals surface area (Å²) >= 11 is 0. The molecule has 0 radical (unpaired) electrons. The van der Waals surface area contributed by atoms with Crippen LogP contribution in [0.4, 0.5) is 5.88 Å². The molecule has 3 rings (SSSR count). The van der Waals surface area contributed by atoms with Crippen molar-refractivity contribution in [1.29, 1.82) is 0 Å². The summed E-state index contributed by atoms with van der Waals surface area (Å²) in [6, 6.07) is 9.23. The molecule has 0 saturated heterocycles. The van der Waals surface area contributed by atoms with E-state index in [9.17, 15) is 14.9 Å². The summed E-state index contributed by atoms with van der Waals surface area (Å²) in [4.78, 5) is 21.9. The molecule has 0 aliphatic carbocycles. The van der Waals surface area contributed by atoms with Crippen molar-refractivity contribution in [3.63, 3.8) is 0 Å². The van der Waals surface area contributed by atoms with Crippen LogP contribution in [-0.4, -0.2) is 25.8 Å². The number of furan rings is 1. The summed E-state index contributed by atoms with van der Waals surface area (Å²) in [5, 5.41) is 18.0. The molecule has 2 heterocycles. The first-order valence-corrected chi connectivity index (χ1v) is 5.26. The van der Waals surface area contributed by atoms with Gasteiger partial charge in [-0.1, -0.05) is 17.3 Å². The average Bonchev–Trinajstić information content (AvgIpc) is 3.05. The zero-order valence-electron chi connectivity index (χ0n) is 9.39. The molecule has 0 aliphatic rings. The first-order chi connectivity index (χ1) is 9.16. The summed E-state index contributed by atoms with van der Waals surface area (Å²) in [7, 11) is 0. The number of hydrogen-bond acceptors (Lipinski definition) is 6. The Morgan fingerprint density at radius 2 is 2.05 bits per heavy atom. The first-order valence-electron chi connectivity index (χ1n) is 5.26. The molecule has 1 aromatic carbocycles. The fourth-order valence-corrected chi connectivity index (χ4v) is 1.66. The van der Waals surface area contributed by atoms with E-state index >= 15 is 0 Å². The van der Waals surface area contributed by atoms with Gasteiger partial charge in [0.25, 0.3) is 0 Å². The predicted octanol–water partition coefficient (Wildman–Crippen LogP) is 1.62. The minimum atomic E-state index is -0.712. The van der Waals surface area contributed by atoms with Gasteiger partial charge in [0.15, 0.2) is 0 Å². The number of para-hydroxylation sites is 1. The fourth-order valence-electron chi connectivity index (χ4n) is 1.66. The Bertz CT molecular complexity index is 789. The molecule has 0 atom stereocenters. The average molecular weight is 258 g/mol. The van der Waals surface area contributed by atoms with Crippen LogP contribution in [0.25, 0.3) is 11.0 Å². The lowest BCUT2D eigenvalue weighted by Gasteiger charge is -1.96. The second kappa shape index (κ2) is 4.02. The van der Waals surface area contributed by atoms with Gasteiger partial charge >= 0.3 is 11.8 Å². The molecule has 94 valence electrons. The van der Waals surface area contributed by atoms with Gasteiger partial charge in [0.1, 0.15) is 10.4 Å². The van der Waals surface area contributed by atoms with Crippen LogP contribution in [0.1, 0.15) is 10.6 Å². The number of hydrogen-bond donors (Lipinski definition) is 0. The number of rotatable bonds is 2. The number of nitrogens with zero attached hydrogens (tertiary/aromatic N) is 4. The monoisotopic (exact) mass is 258 g/mol. The number of nitro groups is 1. The Hall–Kier alpha value is -3.03. The van der Waals surface area contributed by atoms with Crippen molar-refractivity contribution in [3.05, 3.63) is 52.3 Å². The highest BCUT2D eigenvalue weighted by Gasteiger charge is 2.21. The zero-order valence-corrected chi connectivity index (χ0v) is 9.39. The summed E-state index contributed by atoms with van der Waals surface area (Å²) in [5.74, 6) is -1.27. The van der Waals surface area contributed by atoms with Gasteiger partial charge in [-0.05, 0) is 18.2 Å². The highest BCUT2D eigenvalue weighted by molar-refractivity contribution is 5.98. The zero-order chi connectivity index (χ0) is 13.4. The van der Waals surface area contributed by atoms with Gasteiger partial charge < -0.3 is 4.42 Å². The van der Waals surface area contributed by atoms with E-state index in [0.717, 1.165) is 10.7 Å². The SMILES string of the molecule is O=C(c1ccc([N+](=O)[O-])o1)n1nnc2ccccc21. The maximum Gasteiger partial charge on any atom is 0.433 e. The highest BCUT2D eigenvalue weighted by Crippen LogP contribution is 2.18. The number of carbonyl (C=O) groups excluding carboxylic acids is 1. The molecule has 0 amide bonds. The molecule has 8 nitrogen and oxygen atoms in total. The Labute approximate surface area is 105 Å². The van der Waals surface area contributed by atoms with Crippen molar-refractivity contribution in [3.8, 4) is 0 Å². The number of benzene rings is 1. The molecule has 0 bridgehead atoms. The Kier molecular flexibility index (Phi) is 2.34. The molecule has 3 aromatic rings. The van der Waals surface area contributed by atoms with Crippen LogP contribution in [-0.2, 0) is 0 Å². The van der Waals surface area contributed by atoms with Crippen LogP contribution in [0.15, 0.2) is 40.8 Å². The third-order valence-electron chi connectivity index (χ3n) is 2.53. The minimum absolute atomic E-state index is 0.164. The van der Waals surface area contributed by atoms with E-state index in [4.69, 9.17) is 4.42 Å². The minimum Gasteiger partial charge on any atom is -0.395 e. The van der Waals surface area contributed by atoms with Gasteiger partial charge in [0, 0.05) is 0 Å². The third-order valence-corrected chi connectivity index (χ3v) is 2.53. The molecule has 19 heavy (non-hydrogen) atoms. The molecular weight excluding hydrogens is 252 g/mol. The summed E-state index contributed by atoms with van der Waals surface area (Å²) in [6.07, 6.45) is 0. The van der Waals surface area contributed by atoms with E-state index in [2.05, 4.69) is 10.3 Å². The van der Waals surface area contributed by atoms with Crippen LogP contribution in [0.5, 0.6) is 0 Å². The van der Waals surface area contributed by atoms with Gasteiger partial charge in [-0.25, -0.2) is 0 Å². The predicted molar refractivity (Wildman–Crippen MR) is 62.6 cm³/mol. The topological polar surface area (TPSA) is 104 Å². The van der Waals surface area contributed by atoms with Crippen LogP contribution >= 0.6 is 0 Å². The van der Waals surface area contributed by atoms with Crippen molar-refractivity contribution in [2.24, 2.45) is 0 Å². The summed E-state index contributed by atoms with van der Waals surface area (Å²) < 4.78 is 5.88. The smallest absolute Gasteiger partial charge is 0.395 e. The van der Waals surface area contributed by atoms with Crippen LogP contribution in [0.3, 0.4) is 0 Å². The second-order valence-corrected chi connectivity index (χ2v) is 3.69. The van der Waals surface area contributed by atoms with E-state index in [0.29, 0.717) is 11.0 Å². The van der Waals surface area contributed by atoms with Crippen molar-refractivity contribution in [2.45, 2.75) is 0 Å². The van der Waals surface area contributed by atoms with Gasteiger partial charge in [-0.2, -0.15) is 4.68 Å². The molecule has 0 N–H and O–H groups in total. The van der Waals surface area contributed by atoms with Crippen LogP contribution < -0.4 is 0 Å². The number of aromatic nitrogens is 3. The van der Waals surface area contributed by atoms with Crippen LogP contribution in [0, 0.1) is 10.1 Å². The summed E-state index contributed by atoms with van der Waals surface area (Å²) in [5.41, 5.74) is 1.06. The largest absolute Gasteiger partial charge is 0.433 e. The lowest BCUT2D eigenvalue weighted by molar-refractivity contribution is -0.402. The van der Waals surface area contributed by atoms with Gasteiger partial charge in [-0.15, -0.1) is 5.10 Å².